The highest BCUT2D eigenvalue weighted by molar-refractivity contribution is 5.88. The van der Waals surface area contributed by atoms with Crippen LogP contribution < -0.4 is 0 Å². The average molecular weight is 188 g/mol. The summed E-state index contributed by atoms with van der Waals surface area (Å²) in [7, 11) is 0. The van der Waals surface area contributed by atoms with E-state index >= 15 is 0 Å². The fourth-order valence-electron chi connectivity index (χ4n) is 1.76. The van der Waals surface area contributed by atoms with Gasteiger partial charge in [-0.2, -0.15) is 0 Å². The molecule has 0 aromatic heterocycles. The number of hydrogen-bond acceptors (Lipinski definition) is 1. The molecule has 0 saturated heterocycles. The number of carbonyl (C=O) groups is 1. The molecular formula is C12H12O2. The number of aryl methyl sites for hydroxylation is 1. The number of hydrogen-bond donors (Lipinski definition) is 1. The molecule has 0 fully saturated rings. The van der Waals surface area contributed by atoms with Gasteiger partial charge >= 0.3 is 5.97 Å². The smallest absolute Gasteiger partial charge is 0.335 e. The van der Waals surface area contributed by atoms with Crippen molar-refractivity contribution >= 4 is 12.0 Å². The zero-order valence-corrected chi connectivity index (χ0v) is 8.08. The van der Waals surface area contributed by atoms with Crippen LogP contribution in [0.1, 0.15) is 34.8 Å². The molecule has 0 amide bonds. The molecule has 1 aromatic rings. The van der Waals surface area contributed by atoms with Crippen molar-refractivity contribution in [2.45, 2.75) is 19.8 Å². The lowest BCUT2D eigenvalue weighted by molar-refractivity contribution is 0.0697. The van der Waals surface area contributed by atoms with Crippen molar-refractivity contribution in [3.05, 3.63) is 40.5 Å². The van der Waals surface area contributed by atoms with Crippen molar-refractivity contribution in [2.24, 2.45) is 0 Å². The molecule has 2 rings (SSSR count). The van der Waals surface area contributed by atoms with Crippen LogP contribution in [0.3, 0.4) is 0 Å². The van der Waals surface area contributed by atoms with E-state index in [0.29, 0.717) is 5.56 Å². The summed E-state index contributed by atoms with van der Waals surface area (Å²) in [6.45, 7) is 2.08. The molecule has 1 aromatic carbocycles. The third kappa shape index (κ3) is 1.55. The summed E-state index contributed by atoms with van der Waals surface area (Å²) in [6, 6.07) is 5.34. The maximum absolute atomic E-state index is 10.7. The molecule has 0 atom stereocenters. The van der Waals surface area contributed by atoms with Crippen molar-refractivity contribution in [2.75, 3.05) is 0 Å². The monoisotopic (exact) mass is 188 g/mol. The van der Waals surface area contributed by atoms with Gasteiger partial charge in [-0.25, -0.2) is 4.79 Å². The van der Waals surface area contributed by atoms with E-state index in [0.717, 1.165) is 18.4 Å². The lowest BCUT2D eigenvalue weighted by Gasteiger charge is -2.13. The molecule has 0 spiro atoms. The predicted molar refractivity (Wildman–Crippen MR) is 55.4 cm³/mol. The van der Waals surface area contributed by atoms with Gasteiger partial charge < -0.3 is 5.11 Å². The molecule has 2 nitrogen and oxygen atoms in total. The Morgan fingerprint density at radius 2 is 2.14 bits per heavy atom. The number of aromatic carboxylic acids is 1. The summed E-state index contributed by atoms with van der Waals surface area (Å²) >= 11 is 0. The van der Waals surface area contributed by atoms with Gasteiger partial charge in [0.1, 0.15) is 0 Å². The number of allylic oxidation sites excluding steroid dienone is 1. The van der Waals surface area contributed by atoms with E-state index in [-0.39, 0.29) is 0 Å². The molecule has 0 unspecified atom stereocenters. The number of benzene rings is 1. The van der Waals surface area contributed by atoms with Crippen molar-refractivity contribution in [1.29, 1.82) is 0 Å². The van der Waals surface area contributed by atoms with Gasteiger partial charge in [0.15, 0.2) is 0 Å². The van der Waals surface area contributed by atoms with E-state index < -0.39 is 5.97 Å². The number of fused-ring (bicyclic) bond motifs is 1. The van der Waals surface area contributed by atoms with E-state index in [4.69, 9.17) is 5.11 Å². The Morgan fingerprint density at radius 1 is 1.36 bits per heavy atom. The Morgan fingerprint density at radius 3 is 2.86 bits per heavy atom. The molecule has 72 valence electrons. The van der Waals surface area contributed by atoms with Crippen LogP contribution in [0.4, 0.5) is 0 Å². The molecule has 0 saturated carbocycles. The maximum atomic E-state index is 10.7. The third-order valence-electron chi connectivity index (χ3n) is 2.58. The topological polar surface area (TPSA) is 37.3 Å². The molecule has 1 aliphatic carbocycles. The van der Waals surface area contributed by atoms with Crippen LogP contribution in [-0.2, 0) is 6.42 Å². The fourth-order valence-corrected chi connectivity index (χ4v) is 1.76. The van der Waals surface area contributed by atoms with Crippen molar-refractivity contribution in [3.8, 4) is 0 Å². The normalized spacial score (nSPS) is 14.5. The minimum absolute atomic E-state index is 0.370. The van der Waals surface area contributed by atoms with E-state index in [1.54, 1.807) is 12.1 Å². The second-order valence-corrected chi connectivity index (χ2v) is 3.71. The average Bonchev–Trinajstić information content (AvgIpc) is 2.16. The SMILES string of the molecule is CC1=Cc2cc(C(=O)O)ccc2CC1. The minimum atomic E-state index is -0.857. The lowest BCUT2D eigenvalue weighted by atomic mass is 9.92. The van der Waals surface area contributed by atoms with Gasteiger partial charge in [0.25, 0.3) is 0 Å². The van der Waals surface area contributed by atoms with Gasteiger partial charge in [-0.3, -0.25) is 0 Å². The van der Waals surface area contributed by atoms with Crippen LogP contribution in [0, 0.1) is 0 Å². The molecule has 1 aliphatic rings. The Kier molecular flexibility index (Phi) is 2.12. The summed E-state index contributed by atoms with van der Waals surface area (Å²) in [4.78, 5) is 10.7. The molecule has 0 bridgehead atoms. The predicted octanol–water partition coefficient (Wildman–Crippen LogP) is 2.73. The van der Waals surface area contributed by atoms with Crippen LogP contribution >= 0.6 is 0 Å². The van der Waals surface area contributed by atoms with Crippen LogP contribution in [0.2, 0.25) is 0 Å². The van der Waals surface area contributed by atoms with Gasteiger partial charge in [-0.1, -0.05) is 17.7 Å². The Hall–Kier alpha value is -1.57. The zero-order valence-electron chi connectivity index (χ0n) is 8.08. The Balaban J connectivity index is 2.49. The number of rotatable bonds is 1. The summed E-state index contributed by atoms with van der Waals surface area (Å²) in [5.74, 6) is -0.857. The quantitative estimate of drug-likeness (QED) is 0.735. The van der Waals surface area contributed by atoms with Crippen LogP contribution in [0.25, 0.3) is 6.08 Å². The van der Waals surface area contributed by atoms with E-state index in [9.17, 15) is 4.79 Å². The van der Waals surface area contributed by atoms with Gasteiger partial charge in [-0.15, -0.1) is 0 Å². The van der Waals surface area contributed by atoms with Gasteiger partial charge in [0.05, 0.1) is 5.56 Å². The first-order valence-corrected chi connectivity index (χ1v) is 4.70. The standard InChI is InChI=1S/C12H12O2/c1-8-2-3-9-4-5-10(12(13)14)7-11(9)6-8/h4-7H,2-3H2,1H3,(H,13,14). The van der Waals surface area contributed by atoms with Crippen LogP contribution in [-0.4, -0.2) is 11.1 Å². The zero-order chi connectivity index (χ0) is 10.1. The minimum Gasteiger partial charge on any atom is -0.478 e. The largest absolute Gasteiger partial charge is 0.478 e. The number of carboxylic acid groups (broad SMARTS) is 1. The summed E-state index contributed by atoms with van der Waals surface area (Å²) in [5.41, 5.74) is 4.00. The molecule has 1 N–H and O–H groups in total. The van der Waals surface area contributed by atoms with Crippen molar-refractivity contribution < 1.29 is 9.90 Å². The first kappa shape index (κ1) is 9.00. The number of carboxylic acids is 1. The summed E-state index contributed by atoms with van der Waals surface area (Å²) < 4.78 is 0. The lowest BCUT2D eigenvalue weighted by Crippen LogP contribution is -2.02. The van der Waals surface area contributed by atoms with Crippen molar-refractivity contribution in [3.63, 3.8) is 0 Å². The van der Waals surface area contributed by atoms with E-state index in [1.807, 2.05) is 6.07 Å². The first-order valence-electron chi connectivity index (χ1n) is 4.70. The molecule has 0 aliphatic heterocycles. The highest BCUT2D eigenvalue weighted by Crippen LogP contribution is 2.24. The van der Waals surface area contributed by atoms with E-state index in [2.05, 4.69) is 13.0 Å². The fraction of sp³-hybridized carbons (Fsp3) is 0.250. The van der Waals surface area contributed by atoms with Gasteiger partial charge in [0.2, 0.25) is 0 Å². The highest BCUT2D eigenvalue weighted by Gasteiger charge is 2.10. The second-order valence-electron chi connectivity index (χ2n) is 3.71. The van der Waals surface area contributed by atoms with Crippen molar-refractivity contribution in [1.82, 2.24) is 0 Å². The van der Waals surface area contributed by atoms with Gasteiger partial charge in [0, 0.05) is 0 Å². The highest BCUT2D eigenvalue weighted by atomic mass is 16.4. The molecule has 0 heterocycles. The Bertz CT molecular complexity index is 416. The summed E-state index contributed by atoms with van der Waals surface area (Å²) in [6.07, 6.45) is 4.18. The molecule has 14 heavy (non-hydrogen) atoms. The molecule has 2 heteroatoms. The summed E-state index contributed by atoms with van der Waals surface area (Å²) in [5, 5.41) is 8.83. The van der Waals surface area contributed by atoms with Crippen LogP contribution in [0.5, 0.6) is 0 Å². The van der Waals surface area contributed by atoms with Crippen LogP contribution in [0.15, 0.2) is 23.8 Å². The first-order chi connectivity index (χ1) is 6.66. The Labute approximate surface area is 82.9 Å². The molecular weight excluding hydrogens is 176 g/mol. The third-order valence-corrected chi connectivity index (χ3v) is 2.58. The van der Waals surface area contributed by atoms with E-state index in [1.165, 1.54) is 11.1 Å². The maximum Gasteiger partial charge on any atom is 0.335 e. The molecule has 0 radical (unpaired) electrons. The second kappa shape index (κ2) is 3.29. The van der Waals surface area contributed by atoms with Gasteiger partial charge in [-0.05, 0) is 43.0 Å².